The second-order valence-corrected chi connectivity index (χ2v) is 5.21. The molecule has 0 bridgehead atoms. The van der Waals surface area contributed by atoms with Gasteiger partial charge in [0.25, 0.3) is 0 Å². The highest BCUT2D eigenvalue weighted by Gasteiger charge is 2.38. The quantitative estimate of drug-likeness (QED) is 0.668. The van der Waals surface area contributed by atoms with E-state index in [-0.39, 0.29) is 0 Å². The van der Waals surface area contributed by atoms with Crippen molar-refractivity contribution in [1.29, 1.82) is 0 Å². The van der Waals surface area contributed by atoms with Crippen LogP contribution in [0.4, 0.5) is 0 Å². The minimum Gasteiger partial charge on any atom is -0.369 e. The smallest absolute Gasteiger partial charge is 0.176 e. The summed E-state index contributed by atoms with van der Waals surface area (Å²) >= 11 is 0. The molecule has 2 aromatic rings. The Labute approximate surface area is 119 Å². The van der Waals surface area contributed by atoms with Gasteiger partial charge in [0.05, 0.1) is 6.61 Å². The molecular formula is C18H16O2. The molecule has 1 N–H and O–H groups in total. The van der Waals surface area contributed by atoms with Gasteiger partial charge in [-0.05, 0) is 6.92 Å². The summed E-state index contributed by atoms with van der Waals surface area (Å²) in [5, 5.41) is 11.1. The lowest BCUT2D eigenvalue weighted by atomic mass is 9.86. The Balaban J connectivity index is 2.09. The maximum Gasteiger partial charge on any atom is 0.176 e. The average molecular weight is 264 g/mol. The first kappa shape index (κ1) is 12.9. The topological polar surface area (TPSA) is 32.8 Å². The second-order valence-electron chi connectivity index (χ2n) is 5.21. The SMILES string of the molecule is CC1(C#CC(O)(c2ccccc2)c2ccccc2)CO1. The molecule has 0 radical (unpaired) electrons. The zero-order chi connectivity index (χ0) is 14.1. The monoisotopic (exact) mass is 264 g/mol. The Morgan fingerprint density at radius 3 is 1.85 bits per heavy atom. The third-order valence-corrected chi connectivity index (χ3v) is 3.47. The molecule has 2 nitrogen and oxygen atoms in total. The van der Waals surface area contributed by atoms with Crippen LogP contribution in [0.15, 0.2) is 60.7 Å². The summed E-state index contributed by atoms with van der Waals surface area (Å²) in [6, 6.07) is 19.0. The Kier molecular flexibility index (Phi) is 3.10. The molecule has 100 valence electrons. The Morgan fingerprint density at radius 2 is 1.45 bits per heavy atom. The van der Waals surface area contributed by atoms with Crippen molar-refractivity contribution in [3.63, 3.8) is 0 Å². The fourth-order valence-electron chi connectivity index (χ4n) is 2.07. The standard InChI is InChI=1S/C18H16O2/c1-17(14-20-17)12-13-18(19,15-8-4-2-5-9-15)16-10-6-3-7-11-16/h2-11,19H,14H2,1H3. The van der Waals surface area contributed by atoms with Crippen molar-refractivity contribution in [3.8, 4) is 11.8 Å². The summed E-state index contributed by atoms with van der Waals surface area (Å²) < 4.78 is 5.28. The molecule has 3 rings (SSSR count). The van der Waals surface area contributed by atoms with Gasteiger partial charge < -0.3 is 9.84 Å². The van der Waals surface area contributed by atoms with Gasteiger partial charge in [-0.2, -0.15) is 0 Å². The van der Waals surface area contributed by atoms with Crippen LogP contribution in [0.25, 0.3) is 0 Å². The van der Waals surface area contributed by atoms with Gasteiger partial charge in [-0.3, -0.25) is 0 Å². The normalized spacial score (nSPS) is 20.9. The summed E-state index contributed by atoms with van der Waals surface area (Å²) in [4.78, 5) is 0. The lowest BCUT2D eigenvalue weighted by Gasteiger charge is -2.23. The second kappa shape index (κ2) is 4.79. The summed E-state index contributed by atoms with van der Waals surface area (Å²) in [7, 11) is 0. The number of hydrogen-bond acceptors (Lipinski definition) is 2. The first-order valence-corrected chi connectivity index (χ1v) is 6.64. The van der Waals surface area contributed by atoms with E-state index in [0.717, 1.165) is 11.1 Å². The molecule has 1 aliphatic rings. The van der Waals surface area contributed by atoms with E-state index in [9.17, 15) is 5.11 Å². The van der Waals surface area contributed by atoms with Crippen molar-refractivity contribution in [2.75, 3.05) is 6.61 Å². The molecule has 0 amide bonds. The molecule has 0 aromatic heterocycles. The van der Waals surface area contributed by atoms with E-state index in [1.165, 1.54) is 0 Å². The van der Waals surface area contributed by atoms with Crippen LogP contribution in [0.3, 0.4) is 0 Å². The number of aliphatic hydroxyl groups is 1. The van der Waals surface area contributed by atoms with Gasteiger partial charge in [-0.1, -0.05) is 72.5 Å². The number of hydrogen-bond donors (Lipinski definition) is 1. The van der Waals surface area contributed by atoms with Crippen LogP contribution < -0.4 is 0 Å². The van der Waals surface area contributed by atoms with E-state index >= 15 is 0 Å². The summed E-state index contributed by atoms with van der Waals surface area (Å²) in [6.45, 7) is 2.55. The molecule has 2 heteroatoms. The predicted octanol–water partition coefficient (Wildman–Crippen LogP) is 2.71. The van der Waals surface area contributed by atoms with Crippen molar-refractivity contribution >= 4 is 0 Å². The maximum atomic E-state index is 11.1. The lowest BCUT2D eigenvalue weighted by molar-refractivity contribution is 0.145. The molecular weight excluding hydrogens is 248 g/mol. The van der Waals surface area contributed by atoms with Crippen LogP contribution in [-0.2, 0) is 10.3 Å². The van der Waals surface area contributed by atoms with E-state index in [0.29, 0.717) is 6.61 Å². The largest absolute Gasteiger partial charge is 0.369 e. The highest BCUT2D eigenvalue weighted by atomic mass is 16.6. The van der Waals surface area contributed by atoms with Gasteiger partial charge in [0.2, 0.25) is 0 Å². The van der Waals surface area contributed by atoms with Crippen LogP contribution in [0.5, 0.6) is 0 Å². The fraction of sp³-hybridized carbons (Fsp3) is 0.222. The lowest BCUT2D eigenvalue weighted by Crippen LogP contribution is -2.25. The van der Waals surface area contributed by atoms with Crippen LogP contribution in [0.1, 0.15) is 18.1 Å². The molecule has 1 unspecified atom stereocenters. The third kappa shape index (κ3) is 2.46. The molecule has 1 heterocycles. The van der Waals surface area contributed by atoms with E-state index in [2.05, 4.69) is 11.8 Å². The van der Waals surface area contributed by atoms with E-state index < -0.39 is 11.2 Å². The number of rotatable bonds is 2. The van der Waals surface area contributed by atoms with Gasteiger partial charge in [0, 0.05) is 11.1 Å². The highest BCUT2D eigenvalue weighted by Crippen LogP contribution is 2.31. The molecule has 1 saturated heterocycles. The average Bonchev–Trinajstić information content (AvgIpc) is 3.25. The van der Waals surface area contributed by atoms with Crippen LogP contribution in [-0.4, -0.2) is 17.3 Å². The molecule has 0 spiro atoms. The van der Waals surface area contributed by atoms with E-state index in [1.807, 2.05) is 67.6 Å². The Hall–Kier alpha value is -2.08. The zero-order valence-electron chi connectivity index (χ0n) is 11.3. The number of epoxide rings is 1. The molecule has 1 atom stereocenters. The summed E-state index contributed by atoms with van der Waals surface area (Å²) in [5.74, 6) is 6.06. The van der Waals surface area contributed by atoms with Gasteiger partial charge in [0.15, 0.2) is 5.60 Å². The van der Waals surface area contributed by atoms with E-state index in [1.54, 1.807) is 0 Å². The van der Waals surface area contributed by atoms with Gasteiger partial charge >= 0.3 is 0 Å². The molecule has 20 heavy (non-hydrogen) atoms. The molecule has 2 aromatic carbocycles. The number of ether oxygens (including phenoxy) is 1. The number of benzene rings is 2. The first-order valence-electron chi connectivity index (χ1n) is 6.64. The Bertz CT molecular complexity index is 607. The molecule has 1 fully saturated rings. The predicted molar refractivity (Wildman–Crippen MR) is 78.0 cm³/mol. The third-order valence-electron chi connectivity index (χ3n) is 3.47. The fourth-order valence-corrected chi connectivity index (χ4v) is 2.07. The minimum atomic E-state index is -1.31. The van der Waals surface area contributed by atoms with Crippen molar-refractivity contribution in [3.05, 3.63) is 71.8 Å². The highest BCUT2D eigenvalue weighted by molar-refractivity contribution is 5.45. The van der Waals surface area contributed by atoms with Crippen molar-refractivity contribution in [1.82, 2.24) is 0 Å². The van der Waals surface area contributed by atoms with E-state index in [4.69, 9.17) is 4.74 Å². The first-order chi connectivity index (χ1) is 9.62. The minimum absolute atomic E-state index is 0.405. The zero-order valence-corrected chi connectivity index (χ0v) is 11.3. The van der Waals surface area contributed by atoms with Crippen LogP contribution in [0.2, 0.25) is 0 Å². The van der Waals surface area contributed by atoms with Gasteiger partial charge in [0.1, 0.15) is 5.60 Å². The van der Waals surface area contributed by atoms with Gasteiger partial charge in [-0.15, -0.1) is 0 Å². The van der Waals surface area contributed by atoms with Crippen molar-refractivity contribution in [2.45, 2.75) is 18.1 Å². The molecule has 0 aliphatic carbocycles. The molecule has 1 aliphatic heterocycles. The summed E-state index contributed by atoms with van der Waals surface area (Å²) in [5.41, 5.74) is -0.180. The summed E-state index contributed by atoms with van der Waals surface area (Å²) in [6.07, 6.45) is 0. The van der Waals surface area contributed by atoms with Gasteiger partial charge in [-0.25, -0.2) is 0 Å². The Morgan fingerprint density at radius 1 is 1.00 bits per heavy atom. The molecule has 0 saturated carbocycles. The maximum absolute atomic E-state index is 11.1. The van der Waals surface area contributed by atoms with Crippen LogP contribution in [0, 0.1) is 11.8 Å². The van der Waals surface area contributed by atoms with Crippen molar-refractivity contribution in [2.24, 2.45) is 0 Å². The van der Waals surface area contributed by atoms with Crippen molar-refractivity contribution < 1.29 is 9.84 Å². The van der Waals surface area contributed by atoms with Crippen LogP contribution >= 0.6 is 0 Å².